The van der Waals surface area contributed by atoms with Crippen molar-refractivity contribution in [1.29, 1.82) is 0 Å². The summed E-state index contributed by atoms with van der Waals surface area (Å²) < 4.78 is 5.34. The highest BCUT2D eigenvalue weighted by Gasteiger charge is 2.21. The third kappa shape index (κ3) is 3.49. The Labute approximate surface area is 111 Å². The van der Waals surface area contributed by atoms with Gasteiger partial charge in [-0.2, -0.15) is 0 Å². The Hall–Kier alpha value is -1.02. The first-order valence-electron chi connectivity index (χ1n) is 7.20. The second-order valence-electron chi connectivity index (χ2n) is 5.25. The monoisotopic (exact) mass is 247 g/mol. The Morgan fingerprint density at radius 1 is 1.28 bits per heavy atom. The van der Waals surface area contributed by atoms with Crippen LogP contribution in [0.15, 0.2) is 24.3 Å². The van der Waals surface area contributed by atoms with Crippen LogP contribution in [0.3, 0.4) is 0 Å². The molecule has 1 aliphatic carbocycles. The van der Waals surface area contributed by atoms with E-state index >= 15 is 0 Å². The maximum Gasteiger partial charge on any atom is 0.119 e. The normalized spacial score (nSPS) is 24.6. The molecule has 1 fully saturated rings. The Kier molecular flexibility index (Phi) is 5.06. The van der Waals surface area contributed by atoms with Gasteiger partial charge in [-0.1, -0.05) is 31.9 Å². The fourth-order valence-electron chi connectivity index (χ4n) is 3.03. The predicted octanol–water partition coefficient (Wildman–Crippen LogP) is 3.72. The highest BCUT2D eigenvalue weighted by Crippen LogP contribution is 2.33. The third-order valence-electron chi connectivity index (χ3n) is 3.98. The van der Waals surface area contributed by atoms with Gasteiger partial charge in [-0.15, -0.1) is 0 Å². The molecule has 0 spiro atoms. The number of hydrogen-bond donors (Lipinski definition) is 1. The number of hydrogen-bond acceptors (Lipinski definition) is 2. The summed E-state index contributed by atoms with van der Waals surface area (Å²) in [5.74, 6) is 1.67. The first kappa shape index (κ1) is 13.4. The van der Waals surface area contributed by atoms with Gasteiger partial charge in [-0.25, -0.2) is 0 Å². The van der Waals surface area contributed by atoms with E-state index in [0.29, 0.717) is 12.0 Å². The van der Waals surface area contributed by atoms with Gasteiger partial charge in [0.2, 0.25) is 0 Å². The number of ether oxygens (including phenoxy) is 1. The predicted molar refractivity (Wildman–Crippen MR) is 76.3 cm³/mol. The number of benzene rings is 1. The van der Waals surface area contributed by atoms with Gasteiger partial charge >= 0.3 is 0 Å². The first-order valence-corrected chi connectivity index (χ1v) is 7.20. The van der Waals surface area contributed by atoms with Gasteiger partial charge in [0, 0.05) is 6.04 Å². The van der Waals surface area contributed by atoms with Crippen LogP contribution in [0.2, 0.25) is 0 Å². The van der Waals surface area contributed by atoms with Crippen LogP contribution in [0.1, 0.15) is 50.5 Å². The van der Waals surface area contributed by atoms with Gasteiger partial charge in [-0.05, 0) is 49.4 Å². The topological polar surface area (TPSA) is 21.3 Å². The third-order valence-corrected chi connectivity index (χ3v) is 3.98. The van der Waals surface area contributed by atoms with Gasteiger partial charge in [-0.3, -0.25) is 0 Å². The van der Waals surface area contributed by atoms with Crippen molar-refractivity contribution in [3.8, 4) is 5.75 Å². The van der Waals surface area contributed by atoms with Gasteiger partial charge in [0.1, 0.15) is 5.75 Å². The molecule has 1 saturated carbocycles. The quantitative estimate of drug-likeness (QED) is 0.819. The van der Waals surface area contributed by atoms with E-state index in [9.17, 15) is 0 Å². The van der Waals surface area contributed by atoms with E-state index in [1.54, 1.807) is 7.11 Å². The summed E-state index contributed by atoms with van der Waals surface area (Å²) in [6.07, 6.45) is 6.62. The SMILES string of the molecule is CCNC1CCCCC(c2cccc(OC)c2)C1. The Morgan fingerprint density at radius 3 is 2.89 bits per heavy atom. The van der Waals surface area contributed by atoms with Gasteiger partial charge in [0.25, 0.3) is 0 Å². The molecular formula is C16H25NO. The molecule has 2 unspecified atom stereocenters. The minimum Gasteiger partial charge on any atom is -0.497 e. The van der Waals surface area contributed by atoms with Crippen molar-refractivity contribution in [1.82, 2.24) is 5.32 Å². The summed E-state index contributed by atoms with van der Waals surface area (Å²) in [4.78, 5) is 0. The molecule has 2 heteroatoms. The fraction of sp³-hybridized carbons (Fsp3) is 0.625. The summed E-state index contributed by atoms with van der Waals surface area (Å²) >= 11 is 0. The van der Waals surface area contributed by atoms with Crippen LogP contribution in [0.5, 0.6) is 5.75 Å². The maximum atomic E-state index is 5.34. The molecule has 0 aromatic heterocycles. The molecule has 2 atom stereocenters. The van der Waals surface area contributed by atoms with Gasteiger partial charge in [0.15, 0.2) is 0 Å². The molecule has 1 N–H and O–H groups in total. The molecule has 0 radical (unpaired) electrons. The van der Waals surface area contributed by atoms with Crippen LogP contribution in [0, 0.1) is 0 Å². The molecule has 0 bridgehead atoms. The molecular weight excluding hydrogens is 222 g/mol. The summed E-state index contributed by atoms with van der Waals surface area (Å²) in [5.41, 5.74) is 1.44. The fourth-order valence-corrected chi connectivity index (χ4v) is 3.03. The molecule has 0 saturated heterocycles. The highest BCUT2D eigenvalue weighted by molar-refractivity contribution is 5.31. The van der Waals surface area contributed by atoms with Crippen molar-refractivity contribution < 1.29 is 4.74 Å². The second-order valence-corrected chi connectivity index (χ2v) is 5.25. The minimum atomic E-state index is 0.687. The summed E-state index contributed by atoms with van der Waals surface area (Å²) in [6.45, 7) is 3.28. The molecule has 18 heavy (non-hydrogen) atoms. The van der Waals surface area contributed by atoms with E-state index in [1.807, 2.05) is 6.07 Å². The van der Waals surface area contributed by atoms with Crippen molar-refractivity contribution in [3.05, 3.63) is 29.8 Å². The molecule has 100 valence electrons. The lowest BCUT2D eigenvalue weighted by Crippen LogP contribution is -2.29. The van der Waals surface area contributed by atoms with Crippen molar-refractivity contribution in [2.75, 3.05) is 13.7 Å². The second kappa shape index (κ2) is 6.79. The molecule has 0 aliphatic heterocycles. The smallest absolute Gasteiger partial charge is 0.119 e. The number of rotatable bonds is 4. The number of nitrogens with one attached hydrogen (secondary N) is 1. The van der Waals surface area contributed by atoms with E-state index in [-0.39, 0.29) is 0 Å². The van der Waals surface area contributed by atoms with E-state index in [1.165, 1.54) is 37.7 Å². The lowest BCUT2D eigenvalue weighted by atomic mass is 9.90. The van der Waals surface area contributed by atoms with Crippen LogP contribution in [-0.4, -0.2) is 19.7 Å². The standard InChI is InChI=1S/C16H25NO/c1-3-17-15-9-5-4-7-13(11-15)14-8-6-10-16(12-14)18-2/h6,8,10,12-13,15,17H,3-5,7,9,11H2,1-2H3. The molecule has 1 aromatic rings. The van der Waals surface area contributed by atoms with Crippen LogP contribution < -0.4 is 10.1 Å². The zero-order chi connectivity index (χ0) is 12.8. The average Bonchev–Trinajstić information content (AvgIpc) is 2.65. The van der Waals surface area contributed by atoms with Crippen LogP contribution in [-0.2, 0) is 0 Å². The zero-order valence-electron chi connectivity index (χ0n) is 11.6. The molecule has 0 amide bonds. The molecule has 1 aromatic carbocycles. The Morgan fingerprint density at radius 2 is 2.11 bits per heavy atom. The lowest BCUT2D eigenvalue weighted by molar-refractivity contribution is 0.412. The number of methoxy groups -OCH3 is 1. The summed E-state index contributed by atoms with van der Waals surface area (Å²) in [6, 6.07) is 9.29. The largest absolute Gasteiger partial charge is 0.497 e. The minimum absolute atomic E-state index is 0.687. The van der Waals surface area contributed by atoms with Crippen LogP contribution in [0.25, 0.3) is 0 Å². The van der Waals surface area contributed by atoms with Crippen molar-refractivity contribution >= 4 is 0 Å². The van der Waals surface area contributed by atoms with Crippen LogP contribution >= 0.6 is 0 Å². The molecule has 2 nitrogen and oxygen atoms in total. The van der Waals surface area contributed by atoms with Crippen molar-refractivity contribution in [2.24, 2.45) is 0 Å². The summed E-state index contributed by atoms with van der Waals surface area (Å²) in [7, 11) is 1.74. The lowest BCUT2D eigenvalue weighted by Gasteiger charge is -2.21. The average molecular weight is 247 g/mol. The summed E-state index contributed by atoms with van der Waals surface area (Å²) in [5, 5.41) is 3.62. The van der Waals surface area contributed by atoms with E-state index in [4.69, 9.17) is 4.74 Å². The Bertz CT molecular complexity index is 364. The van der Waals surface area contributed by atoms with Crippen LogP contribution in [0.4, 0.5) is 0 Å². The van der Waals surface area contributed by atoms with E-state index in [0.717, 1.165) is 12.3 Å². The van der Waals surface area contributed by atoms with Crippen molar-refractivity contribution in [3.63, 3.8) is 0 Å². The van der Waals surface area contributed by atoms with Gasteiger partial charge < -0.3 is 10.1 Å². The molecule has 1 aliphatic rings. The van der Waals surface area contributed by atoms with Crippen molar-refractivity contribution in [2.45, 2.75) is 51.0 Å². The molecule has 2 rings (SSSR count). The van der Waals surface area contributed by atoms with E-state index in [2.05, 4.69) is 30.4 Å². The molecule has 0 heterocycles. The maximum absolute atomic E-state index is 5.34. The zero-order valence-corrected chi connectivity index (χ0v) is 11.6. The first-order chi connectivity index (χ1) is 8.83. The van der Waals surface area contributed by atoms with E-state index < -0.39 is 0 Å². The van der Waals surface area contributed by atoms with Gasteiger partial charge in [0.05, 0.1) is 7.11 Å². The highest BCUT2D eigenvalue weighted by atomic mass is 16.5. The Balaban J connectivity index is 2.09.